The van der Waals surface area contributed by atoms with Crippen molar-refractivity contribution in [3.63, 3.8) is 0 Å². The number of halogens is 3. The second kappa shape index (κ2) is 9.12. The van der Waals surface area contributed by atoms with E-state index < -0.39 is 32.5 Å². The maximum absolute atomic E-state index is 14.2. The minimum atomic E-state index is -4.06. The number of carbonyl (C=O) groups excluding carboxylic acids is 1. The molecule has 0 radical (unpaired) electrons. The molecule has 0 aliphatic carbocycles. The molecule has 29 heavy (non-hydrogen) atoms. The van der Waals surface area contributed by atoms with Crippen molar-refractivity contribution in [3.8, 4) is 0 Å². The third-order valence-corrected chi connectivity index (χ3v) is 6.57. The number of anilines is 1. The molecule has 1 N–H and O–H groups in total. The fourth-order valence-corrected chi connectivity index (χ4v) is 4.57. The number of amides is 1. The van der Waals surface area contributed by atoms with Crippen LogP contribution in [0.3, 0.4) is 0 Å². The van der Waals surface area contributed by atoms with Crippen molar-refractivity contribution in [2.45, 2.75) is 4.90 Å². The fraction of sp³-hybridized carbons (Fsp3) is 0.211. The first kappa shape index (κ1) is 21.6. The lowest BCUT2D eigenvalue weighted by Crippen LogP contribution is -2.40. The molecular weight excluding hydrogens is 470 g/mol. The Labute approximate surface area is 175 Å². The second-order valence-corrected chi connectivity index (χ2v) is 8.97. The predicted octanol–water partition coefficient (Wildman–Crippen LogP) is 3.40. The summed E-state index contributed by atoms with van der Waals surface area (Å²) in [6, 6.07) is 7.57. The molecule has 0 bridgehead atoms. The van der Waals surface area contributed by atoms with E-state index in [1.807, 2.05) is 0 Å². The largest absolute Gasteiger partial charge is 0.379 e. The number of morpholine rings is 1. The molecule has 3 rings (SSSR count). The van der Waals surface area contributed by atoms with Gasteiger partial charge in [-0.2, -0.15) is 4.31 Å². The minimum absolute atomic E-state index is 0.0996. The quantitative estimate of drug-likeness (QED) is 0.657. The molecule has 6 nitrogen and oxygen atoms in total. The second-order valence-electron chi connectivity index (χ2n) is 6.15. The van der Waals surface area contributed by atoms with Gasteiger partial charge in [0.25, 0.3) is 0 Å². The number of rotatable bonds is 5. The molecular formula is C19H17BrF2N2O4S. The number of sulfonamides is 1. The van der Waals surface area contributed by atoms with E-state index in [4.69, 9.17) is 4.74 Å². The summed E-state index contributed by atoms with van der Waals surface area (Å²) in [4.78, 5) is 11.6. The number of ether oxygens (including phenoxy) is 1. The Kier molecular flexibility index (Phi) is 6.78. The van der Waals surface area contributed by atoms with Crippen LogP contribution in [-0.4, -0.2) is 44.9 Å². The molecule has 0 unspecified atom stereocenters. The minimum Gasteiger partial charge on any atom is -0.379 e. The first-order chi connectivity index (χ1) is 13.8. The average Bonchev–Trinajstić information content (AvgIpc) is 2.70. The summed E-state index contributed by atoms with van der Waals surface area (Å²) in [6.45, 7) is 0.709. The highest BCUT2D eigenvalue weighted by Crippen LogP contribution is 2.24. The summed E-state index contributed by atoms with van der Waals surface area (Å²) in [5, 5.41) is 2.45. The highest BCUT2D eigenvalue weighted by molar-refractivity contribution is 9.10. The lowest BCUT2D eigenvalue weighted by Gasteiger charge is -2.26. The monoisotopic (exact) mass is 486 g/mol. The van der Waals surface area contributed by atoms with Crippen molar-refractivity contribution in [2.24, 2.45) is 0 Å². The lowest BCUT2D eigenvalue weighted by molar-refractivity contribution is -0.111. The molecule has 2 aromatic rings. The molecule has 1 saturated heterocycles. The molecule has 0 aromatic heterocycles. The molecule has 0 spiro atoms. The van der Waals surface area contributed by atoms with Gasteiger partial charge < -0.3 is 10.1 Å². The van der Waals surface area contributed by atoms with Crippen molar-refractivity contribution in [3.05, 3.63) is 64.1 Å². The number of hydrogen-bond acceptors (Lipinski definition) is 4. The Morgan fingerprint density at radius 2 is 1.79 bits per heavy atom. The first-order valence-corrected chi connectivity index (χ1v) is 10.8. The van der Waals surface area contributed by atoms with E-state index in [1.165, 1.54) is 30.3 Å². The normalized spacial score (nSPS) is 15.6. The SMILES string of the molecule is O=C(/C=C/c1cc(Br)ccc1F)Nc1ccc(F)c(S(=O)(=O)N2CCOCC2)c1. The van der Waals surface area contributed by atoms with Crippen molar-refractivity contribution in [1.82, 2.24) is 4.31 Å². The zero-order valence-corrected chi connectivity index (χ0v) is 17.5. The van der Waals surface area contributed by atoms with E-state index in [9.17, 15) is 22.0 Å². The van der Waals surface area contributed by atoms with Crippen LogP contribution in [0.1, 0.15) is 5.56 Å². The molecule has 10 heteroatoms. The fourth-order valence-electron chi connectivity index (χ4n) is 2.70. The van der Waals surface area contributed by atoms with E-state index in [2.05, 4.69) is 21.2 Å². The standard InChI is InChI=1S/C19H17BrF2N2O4S/c20-14-2-4-16(21)13(11-14)1-6-19(25)23-15-3-5-17(22)18(12-15)29(26,27)24-7-9-28-10-8-24/h1-6,11-12H,7-10H2,(H,23,25)/b6-1+. The van der Waals surface area contributed by atoms with E-state index >= 15 is 0 Å². The molecule has 154 valence electrons. The van der Waals surface area contributed by atoms with Gasteiger partial charge in [0.15, 0.2) is 0 Å². The summed E-state index contributed by atoms with van der Waals surface area (Å²) < 4.78 is 60.2. The molecule has 1 heterocycles. The van der Waals surface area contributed by atoms with Crippen LogP contribution in [0.2, 0.25) is 0 Å². The lowest BCUT2D eigenvalue weighted by atomic mass is 10.2. The van der Waals surface area contributed by atoms with Crippen LogP contribution >= 0.6 is 15.9 Å². The third kappa shape index (κ3) is 5.27. The van der Waals surface area contributed by atoms with Gasteiger partial charge in [0, 0.05) is 34.9 Å². The van der Waals surface area contributed by atoms with Gasteiger partial charge in [0.2, 0.25) is 15.9 Å². The van der Waals surface area contributed by atoms with Gasteiger partial charge in [0.05, 0.1) is 13.2 Å². The van der Waals surface area contributed by atoms with E-state index in [-0.39, 0.29) is 37.6 Å². The molecule has 0 saturated carbocycles. The average molecular weight is 487 g/mol. The molecule has 2 aromatic carbocycles. The molecule has 1 amide bonds. The van der Waals surface area contributed by atoms with Crippen LogP contribution in [0.25, 0.3) is 6.08 Å². The van der Waals surface area contributed by atoms with E-state index in [0.29, 0.717) is 4.47 Å². The zero-order chi connectivity index (χ0) is 21.0. The Balaban J connectivity index is 1.78. The Bertz CT molecular complexity index is 1050. The molecule has 0 atom stereocenters. The highest BCUT2D eigenvalue weighted by atomic mass is 79.9. The highest BCUT2D eigenvalue weighted by Gasteiger charge is 2.29. The maximum atomic E-state index is 14.2. The summed E-state index contributed by atoms with van der Waals surface area (Å²) in [7, 11) is -4.06. The molecule has 1 aliphatic heterocycles. The van der Waals surface area contributed by atoms with Gasteiger partial charge >= 0.3 is 0 Å². The van der Waals surface area contributed by atoms with Crippen LogP contribution in [0, 0.1) is 11.6 Å². The van der Waals surface area contributed by atoms with Gasteiger partial charge in [-0.25, -0.2) is 17.2 Å². The van der Waals surface area contributed by atoms with Crippen LogP contribution in [-0.2, 0) is 19.6 Å². The van der Waals surface area contributed by atoms with E-state index in [1.54, 1.807) is 0 Å². The Hall–Kier alpha value is -2.14. The molecule has 1 aliphatic rings. The van der Waals surface area contributed by atoms with Gasteiger partial charge in [-0.15, -0.1) is 0 Å². The van der Waals surface area contributed by atoms with Crippen LogP contribution < -0.4 is 5.32 Å². The smallest absolute Gasteiger partial charge is 0.248 e. The predicted molar refractivity (Wildman–Crippen MR) is 108 cm³/mol. The van der Waals surface area contributed by atoms with Crippen LogP contribution in [0.5, 0.6) is 0 Å². The van der Waals surface area contributed by atoms with E-state index in [0.717, 1.165) is 22.5 Å². The Morgan fingerprint density at radius 3 is 2.52 bits per heavy atom. The van der Waals surface area contributed by atoms with Crippen LogP contribution in [0.15, 0.2) is 51.8 Å². The van der Waals surface area contributed by atoms with Gasteiger partial charge in [0.1, 0.15) is 16.5 Å². The number of carbonyl (C=O) groups is 1. The van der Waals surface area contributed by atoms with Crippen molar-refractivity contribution < 1.29 is 26.7 Å². The van der Waals surface area contributed by atoms with Crippen molar-refractivity contribution in [2.75, 3.05) is 31.6 Å². The zero-order valence-electron chi connectivity index (χ0n) is 15.1. The summed E-state index contributed by atoms with van der Waals surface area (Å²) in [5.41, 5.74) is 0.298. The molecule has 1 fully saturated rings. The number of hydrogen-bond donors (Lipinski definition) is 1. The first-order valence-electron chi connectivity index (χ1n) is 8.59. The number of benzene rings is 2. The Morgan fingerprint density at radius 1 is 1.10 bits per heavy atom. The van der Waals surface area contributed by atoms with Gasteiger partial charge in [-0.3, -0.25) is 4.79 Å². The topological polar surface area (TPSA) is 75.7 Å². The van der Waals surface area contributed by atoms with Crippen molar-refractivity contribution in [1.29, 1.82) is 0 Å². The van der Waals surface area contributed by atoms with Gasteiger partial charge in [-0.05, 0) is 42.5 Å². The summed E-state index contributed by atoms with van der Waals surface area (Å²) >= 11 is 3.22. The maximum Gasteiger partial charge on any atom is 0.248 e. The van der Waals surface area contributed by atoms with Gasteiger partial charge in [-0.1, -0.05) is 15.9 Å². The summed E-state index contributed by atoms with van der Waals surface area (Å²) in [5.74, 6) is -2.04. The third-order valence-electron chi connectivity index (χ3n) is 4.16. The van der Waals surface area contributed by atoms with Crippen molar-refractivity contribution >= 4 is 43.6 Å². The number of nitrogens with one attached hydrogen (secondary N) is 1. The van der Waals surface area contributed by atoms with Crippen LogP contribution in [0.4, 0.5) is 14.5 Å². The number of nitrogens with zero attached hydrogens (tertiary/aromatic N) is 1. The summed E-state index contributed by atoms with van der Waals surface area (Å²) in [6.07, 6.45) is 2.38.